The fourth-order valence-electron chi connectivity index (χ4n) is 3.73. The number of fused-ring (bicyclic) bond motifs is 1. The van der Waals surface area contributed by atoms with Gasteiger partial charge in [0, 0.05) is 18.4 Å². The van der Waals surface area contributed by atoms with Crippen LogP contribution in [0.25, 0.3) is 16.9 Å². The summed E-state index contributed by atoms with van der Waals surface area (Å²) in [4.78, 5) is 10.9. The Kier molecular flexibility index (Phi) is 3.93. The van der Waals surface area contributed by atoms with Crippen LogP contribution in [0.15, 0.2) is 18.7 Å². The van der Waals surface area contributed by atoms with E-state index in [0.29, 0.717) is 36.0 Å². The number of nitrogens with one attached hydrogen (secondary N) is 2. The van der Waals surface area contributed by atoms with E-state index in [1.807, 2.05) is 4.90 Å². The molecule has 2 fully saturated rings. The number of nitrogens with zero attached hydrogens (tertiary/aromatic N) is 6. The minimum atomic E-state index is -1.26. The van der Waals surface area contributed by atoms with E-state index in [1.165, 1.54) is 4.52 Å². The molecular formula is C17H20F2N8O. The molecule has 5 heterocycles. The number of alkyl halides is 2. The van der Waals surface area contributed by atoms with Gasteiger partial charge >= 0.3 is 0 Å². The third kappa shape index (κ3) is 2.95. The van der Waals surface area contributed by atoms with E-state index in [-0.39, 0.29) is 19.7 Å². The Morgan fingerprint density at radius 2 is 2.25 bits per heavy atom. The Morgan fingerprint density at radius 3 is 2.96 bits per heavy atom. The van der Waals surface area contributed by atoms with Gasteiger partial charge in [0.15, 0.2) is 5.65 Å². The van der Waals surface area contributed by atoms with Crippen LogP contribution >= 0.6 is 0 Å². The highest BCUT2D eigenvalue weighted by Gasteiger charge is 2.41. The van der Waals surface area contributed by atoms with E-state index in [0.717, 1.165) is 5.56 Å². The predicted octanol–water partition coefficient (Wildman–Crippen LogP) is 1.60. The van der Waals surface area contributed by atoms with Crippen LogP contribution < -0.4 is 10.2 Å². The van der Waals surface area contributed by atoms with E-state index in [1.54, 1.807) is 25.6 Å². The van der Waals surface area contributed by atoms with Crippen LogP contribution in [-0.2, 0) is 4.74 Å². The molecule has 5 rings (SSSR count). The van der Waals surface area contributed by atoms with Crippen molar-refractivity contribution < 1.29 is 13.5 Å². The number of halogens is 2. The molecule has 0 spiro atoms. The molecule has 9 nitrogen and oxygen atoms in total. The second kappa shape index (κ2) is 6.36. The summed E-state index contributed by atoms with van der Waals surface area (Å²) in [6, 6.07) is -0.408. The Hall–Kier alpha value is -2.82. The molecule has 0 radical (unpaired) electrons. The fraction of sp³-hybridized carbons (Fsp3) is 0.529. The molecule has 2 aliphatic rings. The largest absolute Gasteiger partial charge is 0.378 e. The van der Waals surface area contributed by atoms with Crippen molar-refractivity contribution in [2.45, 2.75) is 31.2 Å². The van der Waals surface area contributed by atoms with Gasteiger partial charge < -0.3 is 15.0 Å². The molecule has 3 aromatic rings. The van der Waals surface area contributed by atoms with Crippen LogP contribution in [0.5, 0.6) is 0 Å². The standard InChI is InChI=1S/C17H20F2N8O/c1-17(19)7-26(8-17)14-13(10-4-21-22-5-10)20-9-27-15(14)24-16(25-27)23-12-2-3-28-6-11(12)18/h4-5,9,11-12H,2-3,6-8H2,1H3,(H,21,22)(H,23,25)/t11-,12+/m1/s1. The highest BCUT2D eigenvalue weighted by molar-refractivity contribution is 5.85. The Bertz CT molecular complexity index is 981. The summed E-state index contributed by atoms with van der Waals surface area (Å²) in [5.74, 6) is 0.311. The van der Waals surface area contributed by atoms with Crippen LogP contribution in [0.2, 0.25) is 0 Å². The number of aromatic amines is 1. The van der Waals surface area contributed by atoms with Crippen LogP contribution in [0.4, 0.5) is 20.4 Å². The van der Waals surface area contributed by atoms with Crippen molar-refractivity contribution in [2.75, 3.05) is 36.5 Å². The maximum atomic E-state index is 14.2. The van der Waals surface area contributed by atoms with E-state index < -0.39 is 17.9 Å². The Morgan fingerprint density at radius 1 is 1.39 bits per heavy atom. The molecule has 148 valence electrons. The summed E-state index contributed by atoms with van der Waals surface area (Å²) in [5, 5.41) is 14.2. The SMILES string of the molecule is CC1(F)CN(c2c(-c3cn[nH]c3)ncn3nc(N[C@H]4CCOC[C@H]4F)nc23)C1. The lowest BCUT2D eigenvalue weighted by molar-refractivity contribution is 0.0284. The molecular weight excluding hydrogens is 370 g/mol. The quantitative estimate of drug-likeness (QED) is 0.699. The zero-order chi connectivity index (χ0) is 19.3. The van der Waals surface area contributed by atoms with Crippen molar-refractivity contribution in [3.63, 3.8) is 0 Å². The number of H-pyrrole nitrogens is 1. The fourth-order valence-corrected chi connectivity index (χ4v) is 3.73. The predicted molar refractivity (Wildman–Crippen MR) is 97.8 cm³/mol. The van der Waals surface area contributed by atoms with Gasteiger partial charge in [-0.3, -0.25) is 5.10 Å². The first-order chi connectivity index (χ1) is 13.5. The van der Waals surface area contributed by atoms with Crippen LogP contribution in [0.1, 0.15) is 13.3 Å². The number of ether oxygens (including phenoxy) is 1. The third-order valence-electron chi connectivity index (χ3n) is 5.09. The molecule has 0 aliphatic carbocycles. The number of hydrogen-bond acceptors (Lipinski definition) is 7. The first-order valence-corrected chi connectivity index (χ1v) is 9.17. The second-order valence-electron chi connectivity index (χ2n) is 7.53. The lowest BCUT2D eigenvalue weighted by Crippen LogP contribution is -2.57. The Balaban J connectivity index is 1.54. The summed E-state index contributed by atoms with van der Waals surface area (Å²) in [6.07, 6.45) is 4.34. The van der Waals surface area contributed by atoms with Gasteiger partial charge in [-0.15, -0.1) is 5.10 Å². The molecule has 2 N–H and O–H groups in total. The molecule has 2 saturated heterocycles. The normalized spacial score (nSPS) is 24.3. The lowest BCUT2D eigenvalue weighted by Gasteiger charge is -2.44. The number of hydrogen-bond donors (Lipinski definition) is 2. The van der Waals surface area contributed by atoms with Crippen molar-refractivity contribution in [1.29, 1.82) is 0 Å². The average molecular weight is 390 g/mol. The van der Waals surface area contributed by atoms with Crippen LogP contribution in [-0.4, -0.2) is 74.0 Å². The molecule has 0 unspecified atom stereocenters. The van der Waals surface area contributed by atoms with Gasteiger partial charge in [0.25, 0.3) is 0 Å². The van der Waals surface area contributed by atoms with Crippen LogP contribution in [0.3, 0.4) is 0 Å². The van der Waals surface area contributed by atoms with E-state index in [9.17, 15) is 8.78 Å². The molecule has 0 saturated carbocycles. The zero-order valence-corrected chi connectivity index (χ0v) is 15.3. The minimum Gasteiger partial charge on any atom is -0.378 e. The third-order valence-corrected chi connectivity index (χ3v) is 5.09. The lowest BCUT2D eigenvalue weighted by atomic mass is 9.97. The van der Waals surface area contributed by atoms with Crippen molar-refractivity contribution >= 4 is 17.3 Å². The molecule has 28 heavy (non-hydrogen) atoms. The molecule has 11 heteroatoms. The monoisotopic (exact) mass is 390 g/mol. The topological polar surface area (TPSA) is 96.3 Å². The minimum absolute atomic E-state index is 0.0609. The zero-order valence-electron chi connectivity index (χ0n) is 15.3. The van der Waals surface area contributed by atoms with Gasteiger partial charge in [-0.25, -0.2) is 13.8 Å². The van der Waals surface area contributed by atoms with Crippen LogP contribution in [0, 0.1) is 0 Å². The highest BCUT2D eigenvalue weighted by atomic mass is 19.1. The number of aromatic nitrogens is 6. The number of anilines is 2. The molecule has 0 bridgehead atoms. The maximum absolute atomic E-state index is 14.2. The van der Waals surface area contributed by atoms with Crippen molar-refractivity contribution in [3.05, 3.63) is 18.7 Å². The summed E-state index contributed by atoms with van der Waals surface area (Å²) in [5.41, 5.74) is 1.38. The highest BCUT2D eigenvalue weighted by Crippen LogP contribution is 2.38. The molecule has 3 aromatic heterocycles. The van der Waals surface area contributed by atoms with E-state index >= 15 is 0 Å². The summed E-state index contributed by atoms with van der Waals surface area (Å²) in [7, 11) is 0. The van der Waals surface area contributed by atoms with Gasteiger partial charge in [-0.1, -0.05) is 0 Å². The molecule has 0 aromatic carbocycles. The molecule has 0 amide bonds. The average Bonchev–Trinajstić information content (AvgIpc) is 3.30. The van der Waals surface area contributed by atoms with E-state index in [2.05, 4.69) is 30.6 Å². The summed E-state index contributed by atoms with van der Waals surface area (Å²) < 4.78 is 34.9. The van der Waals surface area contributed by atoms with Gasteiger partial charge in [0.2, 0.25) is 5.95 Å². The number of rotatable bonds is 4. The summed E-state index contributed by atoms with van der Waals surface area (Å²) in [6.45, 7) is 2.59. The van der Waals surface area contributed by atoms with Gasteiger partial charge in [0.05, 0.1) is 31.9 Å². The van der Waals surface area contributed by atoms with Gasteiger partial charge in [-0.05, 0) is 13.3 Å². The Labute approximate surface area is 159 Å². The first kappa shape index (κ1) is 17.3. The summed E-state index contributed by atoms with van der Waals surface area (Å²) >= 11 is 0. The second-order valence-corrected chi connectivity index (χ2v) is 7.53. The van der Waals surface area contributed by atoms with Crippen molar-refractivity contribution in [3.8, 4) is 11.3 Å². The molecule has 2 atom stereocenters. The van der Waals surface area contributed by atoms with Gasteiger partial charge in [-0.2, -0.15) is 14.6 Å². The smallest absolute Gasteiger partial charge is 0.243 e. The van der Waals surface area contributed by atoms with Crippen molar-refractivity contribution in [1.82, 2.24) is 29.8 Å². The van der Waals surface area contributed by atoms with E-state index in [4.69, 9.17) is 4.74 Å². The van der Waals surface area contributed by atoms with Gasteiger partial charge in [0.1, 0.15) is 29.5 Å². The first-order valence-electron chi connectivity index (χ1n) is 9.17. The van der Waals surface area contributed by atoms with Crippen molar-refractivity contribution in [2.24, 2.45) is 0 Å². The maximum Gasteiger partial charge on any atom is 0.243 e. The molecule has 2 aliphatic heterocycles.